The lowest BCUT2D eigenvalue weighted by Gasteiger charge is -2.26. The van der Waals surface area contributed by atoms with E-state index < -0.39 is 23.2 Å². The molecule has 8 heteroatoms. The van der Waals surface area contributed by atoms with Gasteiger partial charge >= 0.3 is 0 Å². The van der Waals surface area contributed by atoms with Crippen molar-refractivity contribution in [2.75, 3.05) is 7.05 Å². The van der Waals surface area contributed by atoms with Gasteiger partial charge in [-0.1, -0.05) is 11.6 Å². The first-order valence-electron chi connectivity index (χ1n) is 8.81. The minimum absolute atomic E-state index is 0.0236. The third-order valence-electron chi connectivity index (χ3n) is 5.16. The van der Waals surface area contributed by atoms with Crippen molar-refractivity contribution >= 4 is 33.8 Å². The number of amides is 1. The number of aromatic amines is 1. The first-order valence-corrected chi connectivity index (χ1v) is 9.19. The van der Waals surface area contributed by atoms with E-state index in [1.54, 1.807) is 49.0 Å². The SMILES string of the molecule is C[C@@H](c1c[nH]c(=O)c2cc(F)c(F)cc12)N(C)C(=O)c1cc2c(Cl)cccn2c1. The third kappa shape index (κ3) is 3.17. The van der Waals surface area contributed by atoms with Gasteiger partial charge in [0.05, 0.1) is 27.5 Å². The minimum atomic E-state index is -1.10. The number of rotatable bonds is 3. The molecule has 0 saturated heterocycles. The van der Waals surface area contributed by atoms with Crippen molar-refractivity contribution in [1.82, 2.24) is 14.3 Å². The van der Waals surface area contributed by atoms with E-state index in [1.165, 1.54) is 11.1 Å². The van der Waals surface area contributed by atoms with Gasteiger partial charge in [0.2, 0.25) is 0 Å². The molecule has 3 aromatic heterocycles. The molecule has 0 aliphatic heterocycles. The molecule has 4 rings (SSSR count). The lowest BCUT2D eigenvalue weighted by atomic mass is 10.0. The summed E-state index contributed by atoms with van der Waals surface area (Å²) in [4.78, 5) is 29.1. The van der Waals surface area contributed by atoms with Crippen LogP contribution in [-0.2, 0) is 0 Å². The first kappa shape index (κ1) is 19.1. The largest absolute Gasteiger partial charge is 0.335 e. The molecule has 0 spiro atoms. The van der Waals surface area contributed by atoms with E-state index in [9.17, 15) is 18.4 Å². The maximum absolute atomic E-state index is 13.8. The summed E-state index contributed by atoms with van der Waals surface area (Å²) in [5.41, 5.74) is 1.09. The summed E-state index contributed by atoms with van der Waals surface area (Å²) >= 11 is 6.18. The predicted molar refractivity (Wildman–Crippen MR) is 107 cm³/mol. The topological polar surface area (TPSA) is 57.6 Å². The Kier molecular flexibility index (Phi) is 4.62. The molecule has 0 fully saturated rings. The van der Waals surface area contributed by atoms with Gasteiger partial charge in [0.25, 0.3) is 11.5 Å². The summed E-state index contributed by atoms with van der Waals surface area (Å²) in [6.07, 6.45) is 4.88. The van der Waals surface area contributed by atoms with Crippen LogP contribution in [-0.4, -0.2) is 27.2 Å². The number of nitrogens with one attached hydrogen (secondary N) is 1. The lowest BCUT2D eigenvalue weighted by Crippen LogP contribution is -2.30. The number of fused-ring (bicyclic) bond motifs is 2. The van der Waals surface area contributed by atoms with Crippen LogP contribution in [0.4, 0.5) is 8.78 Å². The normalized spacial score (nSPS) is 12.4. The van der Waals surface area contributed by atoms with Crippen molar-refractivity contribution in [1.29, 1.82) is 0 Å². The van der Waals surface area contributed by atoms with Crippen molar-refractivity contribution < 1.29 is 13.6 Å². The maximum Gasteiger partial charge on any atom is 0.255 e. The summed E-state index contributed by atoms with van der Waals surface area (Å²) in [7, 11) is 1.60. The van der Waals surface area contributed by atoms with Crippen LogP contribution in [0.2, 0.25) is 5.02 Å². The highest BCUT2D eigenvalue weighted by Gasteiger charge is 2.23. The number of H-pyrrole nitrogens is 1. The zero-order valence-corrected chi connectivity index (χ0v) is 16.3. The number of halogens is 3. The molecular weight excluding hydrogens is 400 g/mol. The van der Waals surface area contributed by atoms with E-state index >= 15 is 0 Å². The molecule has 1 N–H and O–H groups in total. The minimum Gasteiger partial charge on any atom is -0.335 e. The van der Waals surface area contributed by atoms with E-state index in [4.69, 9.17) is 11.6 Å². The second kappa shape index (κ2) is 7.00. The molecule has 0 aliphatic rings. The van der Waals surface area contributed by atoms with Crippen LogP contribution >= 0.6 is 11.6 Å². The van der Waals surface area contributed by atoms with Crippen molar-refractivity contribution in [3.63, 3.8) is 0 Å². The van der Waals surface area contributed by atoms with E-state index in [0.717, 1.165) is 12.1 Å². The Hall–Kier alpha value is -3.19. The second-order valence-corrected chi connectivity index (χ2v) is 7.26. The number of benzene rings is 1. The average Bonchev–Trinajstić information content (AvgIpc) is 3.14. The highest BCUT2D eigenvalue weighted by molar-refractivity contribution is 6.33. The Bertz CT molecular complexity index is 1330. The molecule has 0 unspecified atom stereocenters. The molecule has 4 aromatic rings. The van der Waals surface area contributed by atoms with Gasteiger partial charge < -0.3 is 14.3 Å². The number of carbonyl (C=O) groups is 1. The van der Waals surface area contributed by atoms with Crippen molar-refractivity contribution in [3.05, 3.63) is 87.1 Å². The summed E-state index contributed by atoms with van der Waals surface area (Å²) < 4.78 is 29.2. The van der Waals surface area contributed by atoms with Crippen LogP contribution < -0.4 is 5.56 Å². The van der Waals surface area contributed by atoms with Gasteiger partial charge in [-0.15, -0.1) is 0 Å². The third-order valence-corrected chi connectivity index (χ3v) is 5.48. The molecule has 0 radical (unpaired) electrons. The fraction of sp³-hybridized carbons (Fsp3) is 0.143. The number of pyridine rings is 2. The van der Waals surface area contributed by atoms with Gasteiger partial charge in [-0.3, -0.25) is 9.59 Å². The highest BCUT2D eigenvalue weighted by Crippen LogP contribution is 2.28. The molecule has 1 atom stereocenters. The van der Waals surface area contributed by atoms with Gasteiger partial charge in [0.1, 0.15) is 0 Å². The Labute approximate surface area is 169 Å². The summed E-state index contributed by atoms with van der Waals surface area (Å²) in [6.45, 7) is 1.75. The highest BCUT2D eigenvalue weighted by atomic mass is 35.5. The number of nitrogens with zero attached hydrogens (tertiary/aromatic N) is 2. The van der Waals surface area contributed by atoms with Gasteiger partial charge in [-0.05, 0) is 48.2 Å². The number of aromatic nitrogens is 2. The van der Waals surface area contributed by atoms with Crippen LogP contribution in [0, 0.1) is 11.6 Å². The number of hydrogen-bond donors (Lipinski definition) is 1. The zero-order valence-electron chi connectivity index (χ0n) is 15.5. The van der Waals surface area contributed by atoms with Crippen LogP contribution in [0.25, 0.3) is 16.3 Å². The van der Waals surface area contributed by atoms with Gasteiger partial charge in [-0.2, -0.15) is 0 Å². The quantitative estimate of drug-likeness (QED) is 0.534. The van der Waals surface area contributed by atoms with Gasteiger partial charge in [0, 0.05) is 25.6 Å². The molecule has 1 aromatic carbocycles. The summed E-state index contributed by atoms with van der Waals surface area (Å²) in [5.74, 6) is -2.44. The molecule has 5 nitrogen and oxygen atoms in total. The Morgan fingerprint density at radius 2 is 1.90 bits per heavy atom. The predicted octanol–water partition coefficient (Wildman–Crippen LogP) is 4.55. The van der Waals surface area contributed by atoms with Crippen LogP contribution in [0.3, 0.4) is 0 Å². The molecule has 0 bridgehead atoms. The molecule has 29 heavy (non-hydrogen) atoms. The fourth-order valence-corrected chi connectivity index (χ4v) is 3.65. The number of hydrogen-bond acceptors (Lipinski definition) is 2. The second-order valence-electron chi connectivity index (χ2n) is 6.85. The molecule has 0 saturated carbocycles. The van der Waals surface area contributed by atoms with Crippen LogP contribution in [0.1, 0.15) is 28.9 Å². The van der Waals surface area contributed by atoms with Crippen molar-refractivity contribution in [2.24, 2.45) is 0 Å². The Morgan fingerprint density at radius 3 is 2.59 bits per heavy atom. The average molecular weight is 416 g/mol. The molecular formula is C21H16ClF2N3O2. The standard InChI is InChI=1S/C21H16ClF2N3O2/c1-11(15-9-25-20(28)14-8-18(24)17(23)7-13(14)15)26(2)21(29)12-6-19-16(22)4-3-5-27(19)10-12/h3-11H,1-2H3,(H,25,28)/t11-/m0/s1. The van der Waals surface area contributed by atoms with Crippen molar-refractivity contribution in [3.8, 4) is 0 Å². The zero-order chi connectivity index (χ0) is 20.9. The van der Waals surface area contributed by atoms with Crippen molar-refractivity contribution in [2.45, 2.75) is 13.0 Å². The fourth-order valence-electron chi connectivity index (χ4n) is 3.42. The van der Waals surface area contributed by atoms with Gasteiger partial charge in [-0.25, -0.2) is 8.78 Å². The lowest BCUT2D eigenvalue weighted by molar-refractivity contribution is 0.0743. The molecule has 148 valence electrons. The number of carbonyl (C=O) groups excluding carboxylic acids is 1. The van der Waals surface area contributed by atoms with Gasteiger partial charge in [0.15, 0.2) is 11.6 Å². The van der Waals surface area contributed by atoms with E-state index in [0.29, 0.717) is 21.7 Å². The first-order chi connectivity index (χ1) is 13.8. The summed E-state index contributed by atoms with van der Waals surface area (Å²) in [6, 6.07) is 6.52. The Morgan fingerprint density at radius 1 is 1.21 bits per heavy atom. The Balaban J connectivity index is 1.75. The molecule has 3 heterocycles. The van der Waals surface area contributed by atoms with Crippen LogP contribution in [0.5, 0.6) is 0 Å². The van der Waals surface area contributed by atoms with Crippen LogP contribution in [0.15, 0.2) is 53.7 Å². The summed E-state index contributed by atoms with van der Waals surface area (Å²) in [5, 5.41) is 0.798. The van der Waals surface area contributed by atoms with E-state index in [-0.39, 0.29) is 16.7 Å². The smallest absolute Gasteiger partial charge is 0.255 e. The molecule has 1 amide bonds. The maximum atomic E-state index is 13.8. The van der Waals surface area contributed by atoms with E-state index in [1.807, 2.05) is 0 Å². The molecule has 0 aliphatic carbocycles. The van der Waals surface area contributed by atoms with E-state index in [2.05, 4.69) is 4.98 Å². The monoisotopic (exact) mass is 415 g/mol.